The van der Waals surface area contributed by atoms with Gasteiger partial charge in [-0.25, -0.2) is 9.18 Å². The minimum Gasteiger partial charge on any atom is -0.477 e. The van der Waals surface area contributed by atoms with E-state index in [4.69, 9.17) is 16.7 Å². The third kappa shape index (κ3) is 2.63. The summed E-state index contributed by atoms with van der Waals surface area (Å²) in [6.45, 7) is 3.48. The Hall–Kier alpha value is -1.81. The van der Waals surface area contributed by atoms with Crippen molar-refractivity contribution in [1.82, 2.24) is 4.57 Å². The normalized spacial score (nSPS) is 12.4. The van der Waals surface area contributed by atoms with Gasteiger partial charge in [0.25, 0.3) is 0 Å². The second-order valence-corrected chi connectivity index (χ2v) is 4.88. The average Bonchev–Trinajstić information content (AvgIpc) is 2.74. The van der Waals surface area contributed by atoms with Gasteiger partial charge in [-0.3, -0.25) is 0 Å². The van der Waals surface area contributed by atoms with Crippen LogP contribution in [0.4, 0.5) is 4.39 Å². The average molecular weight is 282 g/mol. The van der Waals surface area contributed by atoms with Crippen LogP contribution in [0, 0.1) is 12.7 Å². The lowest BCUT2D eigenvalue weighted by molar-refractivity contribution is 0.0684. The Morgan fingerprint density at radius 3 is 2.68 bits per heavy atom. The van der Waals surface area contributed by atoms with Gasteiger partial charge >= 0.3 is 5.97 Å². The Morgan fingerprint density at radius 2 is 2.11 bits per heavy atom. The summed E-state index contributed by atoms with van der Waals surface area (Å²) in [5, 5.41) is 9.46. The fourth-order valence-electron chi connectivity index (χ4n) is 1.97. The van der Waals surface area contributed by atoms with E-state index in [9.17, 15) is 9.18 Å². The largest absolute Gasteiger partial charge is 0.477 e. The van der Waals surface area contributed by atoms with E-state index in [0.29, 0.717) is 16.1 Å². The maximum atomic E-state index is 13.6. The van der Waals surface area contributed by atoms with Crippen molar-refractivity contribution in [3.63, 3.8) is 0 Å². The first-order valence-electron chi connectivity index (χ1n) is 5.77. The molecule has 100 valence electrons. The number of aryl methyl sites for hydroxylation is 1. The van der Waals surface area contributed by atoms with Gasteiger partial charge in [0.2, 0.25) is 0 Å². The Bertz CT molecular complexity index is 636. The summed E-state index contributed by atoms with van der Waals surface area (Å²) in [7, 11) is 0. The third-order valence-electron chi connectivity index (χ3n) is 3.13. The Morgan fingerprint density at radius 1 is 1.42 bits per heavy atom. The molecule has 2 aromatic rings. The zero-order valence-electron chi connectivity index (χ0n) is 10.5. The quantitative estimate of drug-likeness (QED) is 0.927. The Balaban J connectivity index is 2.46. The van der Waals surface area contributed by atoms with Gasteiger partial charge in [-0.2, -0.15) is 0 Å². The molecule has 19 heavy (non-hydrogen) atoms. The number of carbonyl (C=O) groups is 1. The van der Waals surface area contributed by atoms with Crippen LogP contribution in [0.1, 0.15) is 34.6 Å². The Kier molecular flexibility index (Phi) is 3.62. The molecule has 1 N–H and O–H groups in total. The van der Waals surface area contributed by atoms with Crippen LogP contribution in [-0.4, -0.2) is 15.6 Å². The predicted molar refractivity (Wildman–Crippen MR) is 71.4 cm³/mol. The fraction of sp³-hybridized carbons (Fsp3) is 0.214. The van der Waals surface area contributed by atoms with Crippen LogP contribution in [-0.2, 0) is 0 Å². The molecule has 0 amide bonds. The second kappa shape index (κ2) is 5.05. The lowest BCUT2D eigenvalue weighted by Crippen LogP contribution is -2.13. The van der Waals surface area contributed by atoms with Crippen LogP contribution < -0.4 is 0 Å². The number of carboxylic acid groups (broad SMARTS) is 1. The van der Waals surface area contributed by atoms with E-state index in [1.807, 2.05) is 0 Å². The highest BCUT2D eigenvalue weighted by molar-refractivity contribution is 6.30. The summed E-state index contributed by atoms with van der Waals surface area (Å²) in [5.74, 6) is -1.37. The molecule has 0 aliphatic rings. The molecule has 1 aromatic heterocycles. The van der Waals surface area contributed by atoms with Crippen molar-refractivity contribution in [3.05, 3.63) is 58.1 Å². The van der Waals surface area contributed by atoms with Gasteiger partial charge in [0.05, 0.1) is 11.1 Å². The summed E-state index contributed by atoms with van der Waals surface area (Å²) >= 11 is 5.84. The smallest absolute Gasteiger partial charge is 0.352 e. The fourth-order valence-corrected chi connectivity index (χ4v) is 2.18. The summed E-state index contributed by atoms with van der Waals surface area (Å²) in [4.78, 5) is 11.1. The Labute approximate surface area is 115 Å². The highest BCUT2D eigenvalue weighted by atomic mass is 35.5. The van der Waals surface area contributed by atoms with Crippen molar-refractivity contribution in [2.24, 2.45) is 0 Å². The zero-order valence-corrected chi connectivity index (χ0v) is 11.3. The molecule has 2 rings (SSSR count). The molecule has 0 spiro atoms. The van der Waals surface area contributed by atoms with Crippen molar-refractivity contribution in [2.45, 2.75) is 19.9 Å². The maximum absolute atomic E-state index is 13.6. The number of benzene rings is 1. The molecule has 1 unspecified atom stereocenters. The van der Waals surface area contributed by atoms with E-state index in [2.05, 4.69) is 0 Å². The standard InChI is InChI=1S/C14H13ClFNO2/c1-8-3-4-10(5-12(8)16)9(2)17-7-11(15)6-13(17)14(18)19/h3-7,9H,1-2H3,(H,18,19). The maximum Gasteiger partial charge on any atom is 0.352 e. The molecule has 1 atom stereocenters. The highest BCUT2D eigenvalue weighted by Crippen LogP contribution is 2.25. The van der Waals surface area contributed by atoms with Crippen molar-refractivity contribution < 1.29 is 14.3 Å². The number of carboxylic acids is 1. The van der Waals surface area contributed by atoms with Gasteiger partial charge in [-0.1, -0.05) is 23.7 Å². The van der Waals surface area contributed by atoms with E-state index in [-0.39, 0.29) is 17.6 Å². The summed E-state index contributed by atoms with van der Waals surface area (Å²) in [6.07, 6.45) is 1.54. The second-order valence-electron chi connectivity index (χ2n) is 4.44. The number of hydrogen-bond acceptors (Lipinski definition) is 1. The van der Waals surface area contributed by atoms with Crippen molar-refractivity contribution in [2.75, 3.05) is 0 Å². The van der Waals surface area contributed by atoms with E-state index in [0.717, 1.165) is 0 Å². The number of aromatic nitrogens is 1. The molecular weight excluding hydrogens is 269 g/mol. The van der Waals surface area contributed by atoms with Crippen LogP contribution in [0.5, 0.6) is 0 Å². The molecule has 1 aromatic carbocycles. The summed E-state index contributed by atoms with van der Waals surface area (Å²) in [5.41, 5.74) is 1.33. The monoisotopic (exact) mass is 281 g/mol. The molecular formula is C14H13ClFNO2. The van der Waals surface area contributed by atoms with Gasteiger partial charge in [0.1, 0.15) is 11.5 Å². The van der Waals surface area contributed by atoms with Crippen LogP contribution in [0.25, 0.3) is 0 Å². The molecule has 0 aliphatic heterocycles. The van der Waals surface area contributed by atoms with Crippen LogP contribution in [0.2, 0.25) is 5.02 Å². The molecule has 0 aliphatic carbocycles. The van der Waals surface area contributed by atoms with Crippen LogP contribution >= 0.6 is 11.6 Å². The predicted octanol–water partition coefficient (Wildman–Crippen LogP) is 3.90. The number of nitrogens with zero attached hydrogens (tertiary/aromatic N) is 1. The van der Waals surface area contributed by atoms with Gasteiger partial charge in [-0.15, -0.1) is 0 Å². The molecule has 5 heteroatoms. The first-order valence-corrected chi connectivity index (χ1v) is 6.14. The lowest BCUT2D eigenvalue weighted by Gasteiger charge is -2.16. The minimum absolute atomic E-state index is 0.0819. The van der Waals surface area contributed by atoms with E-state index in [1.54, 1.807) is 26.0 Å². The third-order valence-corrected chi connectivity index (χ3v) is 3.34. The number of hydrogen-bond donors (Lipinski definition) is 1. The molecule has 0 fully saturated rings. The molecule has 0 saturated carbocycles. The number of halogens is 2. The van der Waals surface area contributed by atoms with Gasteiger partial charge in [0.15, 0.2) is 0 Å². The summed E-state index contributed by atoms with van der Waals surface area (Å²) in [6, 6.07) is 5.94. The van der Waals surface area contributed by atoms with Gasteiger partial charge in [-0.05, 0) is 37.1 Å². The molecule has 0 bridgehead atoms. The molecule has 3 nitrogen and oxygen atoms in total. The van der Waals surface area contributed by atoms with E-state index >= 15 is 0 Å². The SMILES string of the molecule is Cc1ccc(C(C)n2cc(Cl)cc2C(=O)O)cc1F. The zero-order chi connectivity index (χ0) is 14.2. The highest BCUT2D eigenvalue weighted by Gasteiger charge is 2.18. The van der Waals surface area contributed by atoms with Crippen molar-refractivity contribution in [1.29, 1.82) is 0 Å². The van der Waals surface area contributed by atoms with E-state index < -0.39 is 5.97 Å². The topological polar surface area (TPSA) is 42.2 Å². The van der Waals surface area contributed by atoms with Crippen LogP contribution in [0.3, 0.4) is 0 Å². The first kappa shape index (κ1) is 13.6. The minimum atomic E-state index is -1.06. The van der Waals surface area contributed by atoms with Gasteiger partial charge in [0, 0.05) is 6.20 Å². The molecule has 0 saturated heterocycles. The van der Waals surface area contributed by atoms with E-state index in [1.165, 1.54) is 22.9 Å². The first-order chi connectivity index (χ1) is 8.90. The van der Waals surface area contributed by atoms with Crippen LogP contribution in [0.15, 0.2) is 30.5 Å². The molecule has 1 heterocycles. The molecule has 0 radical (unpaired) electrons. The number of aromatic carboxylic acids is 1. The summed E-state index contributed by atoms with van der Waals surface area (Å²) < 4.78 is 15.1. The van der Waals surface area contributed by atoms with Gasteiger partial charge < -0.3 is 9.67 Å². The van der Waals surface area contributed by atoms with Crippen molar-refractivity contribution >= 4 is 17.6 Å². The lowest BCUT2D eigenvalue weighted by atomic mass is 10.1. The van der Waals surface area contributed by atoms with Crippen molar-refractivity contribution in [3.8, 4) is 0 Å². The number of rotatable bonds is 3.